The molecule has 19 heavy (non-hydrogen) atoms. The molecular formula is C15H22N2O2. The lowest BCUT2D eigenvalue weighted by molar-refractivity contribution is -0.122. The topological polar surface area (TPSA) is 52.6 Å². The molecule has 0 aromatic heterocycles. The van der Waals surface area contributed by atoms with Gasteiger partial charge in [-0.25, -0.2) is 0 Å². The summed E-state index contributed by atoms with van der Waals surface area (Å²) in [7, 11) is 0. The zero-order valence-corrected chi connectivity index (χ0v) is 11.8. The summed E-state index contributed by atoms with van der Waals surface area (Å²) in [5.41, 5.74) is 2.14. The molecule has 1 atom stereocenters. The zero-order chi connectivity index (χ0) is 14.0. The summed E-state index contributed by atoms with van der Waals surface area (Å²) in [6.45, 7) is 7.47. The number of nitrogens with zero attached hydrogens (tertiary/aromatic N) is 1. The van der Waals surface area contributed by atoms with Gasteiger partial charge in [0.2, 0.25) is 5.91 Å². The number of aryl methyl sites for hydroxylation is 1. The third-order valence-corrected chi connectivity index (χ3v) is 3.56. The number of carbonyl (C=O) groups excluding carboxylic acids is 1. The first kappa shape index (κ1) is 13.9. The van der Waals surface area contributed by atoms with E-state index in [2.05, 4.69) is 19.2 Å². The Labute approximate surface area is 114 Å². The Morgan fingerprint density at radius 1 is 1.37 bits per heavy atom. The maximum Gasteiger partial charge on any atom is 0.245 e. The van der Waals surface area contributed by atoms with Crippen molar-refractivity contribution in [2.45, 2.75) is 26.8 Å². The van der Waals surface area contributed by atoms with Gasteiger partial charge >= 0.3 is 0 Å². The molecule has 0 aliphatic carbocycles. The molecule has 1 aliphatic heterocycles. The number of nitrogens with one attached hydrogen (secondary N) is 1. The Bertz CT molecular complexity index is 454. The van der Waals surface area contributed by atoms with E-state index in [0.717, 1.165) is 12.2 Å². The molecule has 1 unspecified atom stereocenters. The van der Waals surface area contributed by atoms with Crippen molar-refractivity contribution in [3.05, 3.63) is 29.8 Å². The van der Waals surface area contributed by atoms with Gasteiger partial charge in [0.1, 0.15) is 6.04 Å². The molecular weight excluding hydrogens is 240 g/mol. The second-order valence-corrected chi connectivity index (χ2v) is 6.04. The fourth-order valence-electron chi connectivity index (χ4n) is 2.40. The summed E-state index contributed by atoms with van der Waals surface area (Å²) in [5.74, 6) is -0.103. The molecule has 1 fully saturated rings. The van der Waals surface area contributed by atoms with Crippen molar-refractivity contribution in [1.29, 1.82) is 0 Å². The van der Waals surface area contributed by atoms with Gasteiger partial charge in [0.25, 0.3) is 0 Å². The summed E-state index contributed by atoms with van der Waals surface area (Å²) in [5, 5.41) is 12.4. The standard InChI is InChI=1S/C15H22N2O2/c1-11-4-6-12(7-5-11)17-10-15(2,3)9-16-14(19)13(17)8-18/h4-7,13,18H,8-10H2,1-3H3,(H,16,19). The predicted octanol–water partition coefficient (Wildman–Crippen LogP) is 1.32. The Hall–Kier alpha value is -1.55. The second-order valence-electron chi connectivity index (χ2n) is 6.04. The number of benzene rings is 1. The van der Waals surface area contributed by atoms with Crippen molar-refractivity contribution in [2.24, 2.45) is 5.41 Å². The second kappa shape index (κ2) is 5.21. The van der Waals surface area contributed by atoms with E-state index >= 15 is 0 Å². The number of rotatable bonds is 2. The van der Waals surface area contributed by atoms with Gasteiger partial charge in [-0.1, -0.05) is 31.5 Å². The number of hydrogen-bond donors (Lipinski definition) is 2. The van der Waals surface area contributed by atoms with E-state index in [1.165, 1.54) is 5.56 Å². The summed E-state index contributed by atoms with van der Waals surface area (Å²) >= 11 is 0. The van der Waals surface area contributed by atoms with Crippen LogP contribution in [0.25, 0.3) is 0 Å². The van der Waals surface area contributed by atoms with Crippen LogP contribution in [0.3, 0.4) is 0 Å². The van der Waals surface area contributed by atoms with E-state index in [-0.39, 0.29) is 17.9 Å². The van der Waals surface area contributed by atoms with Gasteiger partial charge in [-0.2, -0.15) is 0 Å². The quantitative estimate of drug-likeness (QED) is 0.845. The van der Waals surface area contributed by atoms with E-state index in [4.69, 9.17) is 0 Å². The maximum atomic E-state index is 12.1. The van der Waals surface area contributed by atoms with Crippen LogP contribution in [-0.4, -0.2) is 36.8 Å². The van der Waals surface area contributed by atoms with Gasteiger partial charge in [-0.15, -0.1) is 0 Å². The molecule has 4 nitrogen and oxygen atoms in total. The molecule has 4 heteroatoms. The lowest BCUT2D eigenvalue weighted by Crippen LogP contribution is -2.47. The number of aliphatic hydroxyl groups is 1. The summed E-state index contributed by atoms with van der Waals surface area (Å²) in [6, 6.07) is 7.56. The third-order valence-electron chi connectivity index (χ3n) is 3.56. The summed E-state index contributed by atoms with van der Waals surface area (Å²) in [4.78, 5) is 14.1. The molecule has 1 aromatic rings. The fourth-order valence-corrected chi connectivity index (χ4v) is 2.40. The Balaban J connectivity index is 2.36. The molecule has 2 N–H and O–H groups in total. The molecule has 0 radical (unpaired) electrons. The monoisotopic (exact) mass is 262 g/mol. The van der Waals surface area contributed by atoms with Crippen molar-refractivity contribution >= 4 is 11.6 Å². The molecule has 0 saturated carbocycles. The lowest BCUT2D eigenvalue weighted by atomic mass is 9.93. The van der Waals surface area contributed by atoms with Crippen molar-refractivity contribution in [3.63, 3.8) is 0 Å². The highest BCUT2D eigenvalue weighted by molar-refractivity contribution is 5.86. The average Bonchev–Trinajstić information content (AvgIpc) is 2.47. The van der Waals surface area contributed by atoms with Crippen LogP contribution >= 0.6 is 0 Å². The molecule has 1 heterocycles. The van der Waals surface area contributed by atoms with Gasteiger partial charge in [0, 0.05) is 18.8 Å². The van der Waals surface area contributed by atoms with Crippen LogP contribution in [0.4, 0.5) is 5.69 Å². The van der Waals surface area contributed by atoms with E-state index in [1.807, 2.05) is 36.1 Å². The van der Waals surface area contributed by atoms with Gasteiger partial charge in [-0.3, -0.25) is 4.79 Å². The van der Waals surface area contributed by atoms with E-state index in [9.17, 15) is 9.90 Å². The number of hydrogen-bond acceptors (Lipinski definition) is 3. The molecule has 2 rings (SSSR count). The van der Waals surface area contributed by atoms with E-state index in [0.29, 0.717) is 6.54 Å². The molecule has 1 aliphatic rings. The minimum Gasteiger partial charge on any atom is -0.394 e. The highest BCUT2D eigenvalue weighted by atomic mass is 16.3. The van der Waals surface area contributed by atoms with E-state index in [1.54, 1.807) is 0 Å². The van der Waals surface area contributed by atoms with Crippen molar-refractivity contribution in [1.82, 2.24) is 5.32 Å². The SMILES string of the molecule is Cc1ccc(N2CC(C)(C)CNC(=O)C2CO)cc1. The number of carbonyl (C=O) groups is 1. The molecule has 0 spiro atoms. The first-order chi connectivity index (χ1) is 8.93. The van der Waals surface area contributed by atoms with E-state index < -0.39 is 6.04 Å². The first-order valence-corrected chi connectivity index (χ1v) is 6.65. The zero-order valence-electron chi connectivity index (χ0n) is 11.8. The lowest BCUT2D eigenvalue weighted by Gasteiger charge is -2.34. The Kier molecular flexibility index (Phi) is 3.80. The van der Waals surface area contributed by atoms with Crippen LogP contribution in [0.15, 0.2) is 24.3 Å². The first-order valence-electron chi connectivity index (χ1n) is 6.65. The van der Waals surface area contributed by atoms with Crippen molar-refractivity contribution < 1.29 is 9.90 Å². The minimum absolute atomic E-state index is 0.0233. The van der Waals surface area contributed by atoms with Crippen LogP contribution in [0.5, 0.6) is 0 Å². The van der Waals surface area contributed by atoms with Crippen molar-refractivity contribution in [2.75, 3.05) is 24.6 Å². The molecule has 1 saturated heterocycles. The van der Waals surface area contributed by atoms with Crippen LogP contribution in [-0.2, 0) is 4.79 Å². The molecule has 1 amide bonds. The normalized spacial score (nSPS) is 22.8. The number of aliphatic hydroxyl groups excluding tert-OH is 1. The van der Waals surface area contributed by atoms with Gasteiger partial charge in [0.05, 0.1) is 6.61 Å². The number of anilines is 1. The predicted molar refractivity (Wildman–Crippen MR) is 76.2 cm³/mol. The van der Waals surface area contributed by atoms with Crippen LogP contribution < -0.4 is 10.2 Å². The fraction of sp³-hybridized carbons (Fsp3) is 0.533. The van der Waals surface area contributed by atoms with Crippen molar-refractivity contribution in [3.8, 4) is 0 Å². The Morgan fingerprint density at radius 2 is 2.00 bits per heavy atom. The van der Waals surface area contributed by atoms with Gasteiger partial charge in [-0.05, 0) is 24.5 Å². The van der Waals surface area contributed by atoms with Crippen LogP contribution in [0.1, 0.15) is 19.4 Å². The summed E-state index contributed by atoms with van der Waals surface area (Å²) < 4.78 is 0. The summed E-state index contributed by atoms with van der Waals surface area (Å²) in [6.07, 6.45) is 0. The highest BCUT2D eigenvalue weighted by Crippen LogP contribution is 2.26. The van der Waals surface area contributed by atoms with Gasteiger partial charge in [0.15, 0.2) is 0 Å². The minimum atomic E-state index is -0.510. The Morgan fingerprint density at radius 3 is 2.58 bits per heavy atom. The highest BCUT2D eigenvalue weighted by Gasteiger charge is 2.34. The number of amides is 1. The molecule has 1 aromatic carbocycles. The maximum absolute atomic E-state index is 12.1. The smallest absolute Gasteiger partial charge is 0.245 e. The average molecular weight is 262 g/mol. The van der Waals surface area contributed by atoms with Crippen LogP contribution in [0, 0.1) is 12.3 Å². The largest absolute Gasteiger partial charge is 0.394 e. The third kappa shape index (κ3) is 3.07. The van der Waals surface area contributed by atoms with Crippen LogP contribution in [0.2, 0.25) is 0 Å². The molecule has 104 valence electrons. The van der Waals surface area contributed by atoms with Gasteiger partial charge < -0.3 is 15.3 Å². The molecule has 0 bridgehead atoms.